The normalized spacial score (nSPS) is 18.1. The van der Waals surface area contributed by atoms with E-state index in [1.165, 1.54) is 22.3 Å². The summed E-state index contributed by atoms with van der Waals surface area (Å²) in [4.78, 5) is 15.6. The van der Waals surface area contributed by atoms with Crippen molar-refractivity contribution in [3.63, 3.8) is 0 Å². The van der Waals surface area contributed by atoms with Gasteiger partial charge in [-0.25, -0.2) is 0 Å². The van der Waals surface area contributed by atoms with Crippen molar-refractivity contribution in [2.75, 3.05) is 40.0 Å². The molecule has 1 amide bonds. The topological polar surface area (TPSA) is 50.8 Å². The van der Waals surface area contributed by atoms with Gasteiger partial charge in [0.2, 0.25) is 5.91 Å². The molecule has 1 aliphatic heterocycles. The lowest BCUT2D eigenvalue weighted by molar-refractivity contribution is -0.121. The maximum Gasteiger partial charge on any atom is 0.220 e. The van der Waals surface area contributed by atoms with Gasteiger partial charge in [0.25, 0.3) is 0 Å². The number of amides is 1. The minimum Gasteiger partial charge on any atom is -0.497 e. The average Bonchev–Trinajstić information content (AvgIpc) is 3.13. The molecule has 0 radical (unpaired) electrons. The van der Waals surface area contributed by atoms with Crippen LogP contribution in [0.25, 0.3) is 0 Å². The van der Waals surface area contributed by atoms with Gasteiger partial charge in [0.1, 0.15) is 5.75 Å². The molecule has 5 nitrogen and oxygen atoms in total. The van der Waals surface area contributed by atoms with E-state index in [1.54, 1.807) is 7.11 Å². The van der Waals surface area contributed by atoms with Crippen LogP contribution in [0.2, 0.25) is 0 Å². The molecule has 4 aromatic carbocycles. The lowest BCUT2D eigenvalue weighted by atomic mass is 9.68. The van der Waals surface area contributed by atoms with E-state index in [9.17, 15) is 4.79 Å². The molecule has 1 atom stereocenters. The van der Waals surface area contributed by atoms with Gasteiger partial charge in [-0.2, -0.15) is 0 Å². The van der Waals surface area contributed by atoms with Gasteiger partial charge >= 0.3 is 0 Å². The largest absolute Gasteiger partial charge is 0.497 e. The van der Waals surface area contributed by atoms with E-state index in [0.29, 0.717) is 13.0 Å². The Kier molecular flexibility index (Phi) is 11.1. The monoisotopic (exact) mass is 630 g/mol. The third kappa shape index (κ3) is 7.97. The molecule has 4 aromatic rings. The highest BCUT2D eigenvalue weighted by Crippen LogP contribution is 2.42. The van der Waals surface area contributed by atoms with Crippen molar-refractivity contribution in [2.24, 2.45) is 0 Å². The molecule has 0 saturated carbocycles. The van der Waals surface area contributed by atoms with E-state index < -0.39 is 0 Å². The number of carbonyl (C=O) groups is 1. The van der Waals surface area contributed by atoms with E-state index in [-0.39, 0.29) is 16.9 Å². The fraction of sp³-hybridized carbons (Fsp3) is 0.405. The molecule has 1 spiro atoms. The first-order chi connectivity index (χ1) is 23.1. The van der Waals surface area contributed by atoms with Crippen LogP contribution < -0.4 is 10.1 Å². The Morgan fingerprint density at radius 2 is 1.51 bits per heavy atom. The van der Waals surface area contributed by atoms with Gasteiger partial charge in [-0.3, -0.25) is 9.69 Å². The van der Waals surface area contributed by atoms with Crippen LogP contribution in [0.3, 0.4) is 0 Å². The van der Waals surface area contributed by atoms with Crippen LogP contribution >= 0.6 is 0 Å². The Hall–Kier alpha value is -3.93. The summed E-state index contributed by atoms with van der Waals surface area (Å²) < 4.78 is 11.4. The maximum atomic E-state index is 12.8. The third-order valence-corrected chi connectivity index (χ3v) is 10.6. The fourth-order valence-corrected chi connectivity index (χ4v) is 8.00. The molecule has 2 aliphatic rings. The Bertz CT molecular complexity index is 1520. The van der Waals surface area contributed by atoms with Gasteiger partial charge in [0.05, 0.1) is 20.3 Å². The fourth-order valence-electron chi connectivity index (χ4n) is 8.00. The average molecular weight is 631 g/mol. The highest BCUT2D eigenvalue weighted by atomic mass is 16.5. The van der Waals surface area contributed by atoms with E-state index in [2.05, 4.69) is 95.1 Å². The molecule has 1 saturated heterocycles. The van der Waals surface area contributed by atoms with E-state index in [4.69, 9.17) is 9.47 Å². The zero-order chi connectivity index (χ0) is 32.4. The number of aryl methyl sites for hydroxylation is 2. The standard InChI is InChI=1S/C42H50N2O3/c1-46-39-21-18-34(19-22-39)20-23-40(45)43-28-10-25-42(37-14-4-2-5-15-37,38-16-6-3-7-17-38)26-11-29-44-30-31-47-33-41(44)27-24-35-12-8-9-13-36(35)32-41/h2-9,12-19,21-22H,10-11,20,23-33H2,1H3,(H,43,45). The zero-order valence-corrected chi connectivity index (χ0v) is 28.0. The minimum atomic E-state index is -0.130. The number of nitrogens with one attached hydrogen (secondary N) is 1. The summed E-state index contributed by atoms with van der Waals surface area (Å²) >= 11 is 0. The summed E-state index contributed by atoms with van der Waals surface area (Å²) in [5.74, 6) is 0.945. The quantitative estimate of drug-likeness (QED) is 0.146. The molecular formula is C42H50N2O3. The van der Waals surface area contributed by atoms with Gasteiger partial charge in [-0.1, -0.05) is 97.1 Å². The molecule has 5 heteroatoms. The lowest BCUT2D eigenvalue weighted by Crippen LogP contribution is -2.59. The van der Waals surface area contributed by atoms with Crippen molar-refractivity contribution in [2.45, 2.75) is 68.7 Å². The number of morpholine rings is 1. The maximum absolute atomic E-state index is 12.8. The molecule has 1 heterocycles. The first kappa shape index (κ1) is 33.0. The number of ether oxygens (including phenoxy) is 2. The predicted octanol–water partition coefficient (Wildman–Crippen LogP) is 7.55. The van der Waals surface area contributed by atoms with Gasteiger partial charge in [-0.15, -0.1) is 0 Å². The molecule has 246 valence electrons. The molecule has 1 N–H and O–H groups in total. The van der Waals surface area contributed by atoms with Crippen molar-refractivity contribution < 1.29 is 14.3 Å². The van der Waals surface area contributed by atoms with Crippen LogP contribution in [-0.2, 0) is 34.2 Å². The third-order valence-electron chi connectivity index (χ3n) is 10.6. The van der Waals surface area contributed by atoms with Crippen LogP contribution in [-0.4, -0.2) is 56.3 Å². The van der Waals surface area contributed by atoms with Crippen molar-refractivity contribution in [1.82, 2.24) is 10.2 Å². The number of hydrogen-bond acceptors (Lipinski definition) is 4. The molecule has 6 rings (SSSR count). The van der Waals surface area contributed by atoms with E-state index in [0.717, 1.165) is 89.0 Å². The highest BCUT2D eigenvalue weighted by Gasteiger charge is 2.42. The molecule has 1 unspecified atom stereocenters. The number of nitrogens with zero attached hydrogens (tertiary/aromatic N) is 1. The summed E-state index contributed by atoms with van der Waals surface area (Å²) in [7, 11) is 1.67. The Morgan fingerprint density at radius 1 is 0.851 bits per heavy atom. The highest BCUT2D eigenvalue weighted by molar-refractivity contribution is 5.76. The summed E-state index contributed by atoms with van der Waals surface area (Å²) in [5.41, 5.74) is 6.82. The van der Waals surface area contributed by atoms with Crippen molar-refractivity contribution in [3.05, 3.63) is 137 Å². The second kappa shape index (κ2) is 15.8. The predicted molar refractivity (Wildman–Crippen MR) is 190 cm³/mol. The number of hydrogen-bond donors (Lipinski definition) is 1. The van der Waals surface area contributed by atoms with Crippen LogP contribution in [0.1, 0.15) is 66.3 Å². The molecule has 0 bridgehead atoms. The van der Waals surface area contributed by atoms with Gasteiger partial charge in [0, 0.05) is 30.5 Å². The molecule has 47 heavy (non-hydrogen) atoms. The van der Waals surface area contributed by atoms with Crippen LogP contribution in [0.5, 0.6) is 5.75 Å². The Morgan fingerprint density at radius 3 is 2.21 bits per heavy atom. The lowest BCUT2D eigenvalue weighted by Gasteiger charge is -2.50. The summed E-state index contributed by atoms with van der Waals surface area (Å²) in [6.45, 7) is 4.37. The van der Waals surface area contributed by atoms with Crippen molar-refractivity contribution in [3.8, 4) is 5.75 Å². The van der Waals surface area contributed by atoms with Crippen molar-refractivity contribution >= 4 is 5.91 Å². The molecule has 0 aromatic heterocycles. The number of benzene rings is 4. The van der Waals surface area contributed by atoms with Gasteiger partial charge < -0.3 is 14.8 Å². The van der Waals surface area contributed by atoms with Crippen LogP contribution in [0.4, 0.5) is 0 Å². The second-order valence-electron chi connectivity index (χ2n) is 13.4. The second-order valence-corrected chi connectivity index (χ2v) is 13.4. The minimum absolute atomic E-state index is 0.0882. The van der Waals surface area contributed by atoms with E-state index >= 15 is 0 Å². The van der Waals surface area contributed by atoms with Crippen LogP contribution in [0.15, 0.2) is 109 Å². The molecule has 1 fully saturated rings. The first-order valence-corrected chi connectivity index (χ1v) is 17.5. The number of rotatable bonds is 14. The van der Waals surface area contributed by atoms with Gasteiger partial charge in [-0.05, 0) is 97.9 Å². The Balaban J connectivity index is 1.13. The zero-order valence-electron chi connectivity index (χ0n) is 28.0. The van der Waals surface area contributed by atoms with Crippen LogP contribution in [0, 0.1) is 0 Å². The summed E-state index contributed by atoms with van der Waals surface area (Å²) in [6.07, 6.45) is 8.60. The smallest absolute Gasteiger partial charge is 0.220 e. The number of fused-ring (bicyclic) bond motifs is 1. The number of methoxy groups -OCH3 is 1. The SMILES string of the molecule is COc1ccc(CCC(=O)NCCCC(CCCN2CCOCC23CCc2ccccc2C3)(c2ccccc2)c2ccccc2)cc1. The first-order valence-electron chi connectivity index (χ1n) is 17.5. The number of carbonyl (C=O) groups excluding carboxylic acids is 1. The molecule has 1 aliphatic carbocycles. The summed E-state index contributed by atoms with van der Waals surface area (Å²) in [6, 6.07) is 39.1. The summed E-state index contributed by atoms with van der Waals surface area (Å²) in [5, 5.41) is 3.22. The van der Waals surface area contributed by atoms with Gasteiger partial charge in [0.15, 0.2) is 0 Å². The molecular weight excluding hydrogens is 580 g/mol. The Labute approximate surface area is 281 Å². The van der Waals surface area contributed by atoms with Crippen molar-refractivity contribution in [1.29, 1.82) is 0 Å². The van der Waals surface area contributed by atoms with E-state index in [1.807, 2.05) is 24.3 Å².